The Bertz CT molecular complexity index is 1130. The molecule has 0 amide bonds. The van der Waals surface area contributed by atoms with Crippen LogP contribution in [0.25, 0.3) is 21.6 Å². The minimum atomic E-state index is 0.693. The molecular weight excluding hydrogens is 364 g/mol. The Balaban J connectivity index is 1.61. The number of benzene rings is 1. The highest BCUT2D eigenvalue weighted by Gasteiger charge is 2.13. The summed E-state index contributed by atoms with van der Waals surface area (Å²) in [6.45, 7) is 2.70. The number of aromatic nitrogens is 3. The maximum Gasteiger partial charge on any atom is 0.162 e. The predicted molar refractivity (Wildman–Crippen MR) is 116 cm³/mol. The van der Waals surface area contributed by atoms with Gasteiger partial charge < -0.3 is 5.32 Å². The van der Waals surface area contributed by atoms with Gasteiger partial charge in [0.2, 0.25) is 0 Å². The van der Waals surface area contributed by atoms with Crippen LogP contribution >= 0.6 is 11.3 Å². The molecule has 0 unspecified atom stereocenters. The normalized spacial score (nSPS) is 10.5. The lowest BCUT2D eigenvalue weighted by Crippen LogP contribution is -2.06. The number of hydrogen-bond acceptors (Lipinski definition) is 5. The van der Waals surface area contributed by atoms with E-state index in [-0.39, 0.29) is 0 Å². The predicted octanol–water partition coefficient (Wildman–Crippen LogP) is 5.17. The number of hydrogen-bond donors (Lipinski definition) is 1. The van der Waals surface area contributed by atoms with Crippen LogP contribution in [-0.4, -0.2) is 21.5 Å². The summed E-state index contributed by atoms with van der Waals surface area (Å²) < 4.78 is 1.05. The van der Waals surface area contributed by atoms with Gasteiger partial charge in [-0.1, -0.05) is 36.3 Å². The third kappa shape index (κ3) is 4.03. The Hall–Kier alpha value is -3.23. The van der Waals surface area contributed by atoms with Gasteiger partial charge in [0.05, 0.1) is 10.3 Å². The molecule has 0 aliphatic carbocycles. The first-order chi connectivity index (χ1) is 13.8. The molecule has 0 radical (unpaired) electrons. The minimum Gasteiger partial charge on any atom is -0.369 e. The standard InChI is InChI=1S/C23H20N4S/c1-2-7-19-16-28-21-20(19)26-22(18-11-14-24-15-12-18)27-23(21)25-13-6-10-17-8-4-3-5-9-17/h3-5,8-9,11-12,14-16H,6,10,13H2,1H3,(H,25,26,27). The second kappa shape index (κ2) is 8.64. The van der Waals surface area contributed by atoms with Gasteiger partial charge in [-0.25, -0.2) is 9.97 Å². The maximum atomic E-state index is 4.80. The van der Waals surface area contributed by atoms with Crippen molar-refractivity contribution in [1.29, 1.82) is 0 Å². The van der Waals surface area contributed by atoms with Crippen LogP contribution < -0.4 is 5.32 Å². The van der Waals surface area contributed by atoms with Crippen molar-refractivity contribution in [2.75, 3.05) is 11.9 Å². The monoisotopic (exact) mass is 384 g/mol. The zero-order valence-corrected chi connectivity index (χ0v) is 16.5. The molecule has 4 rings (SSSR count). The van der Waals surface area contributed by atoms with E-state index in [1.807, 2.05) is 25.1 Å². The quantitative estimate of drug-likeness (QED) is 0.368. The molecule has 28 heavy (non-hydrogen) atoms. The third-order valence-electron chi connectivity index (χ3n) is 4.39. The highest BCUT2D eigenvalue weighted by Crippen LogP contribution is 2.32. The van der Waals surface area contributed by atoms with Crippen LogP contribution in [0.3, 0.4) is 0 Å². The molecule has 0 saturated carbocycles. The molecule has 1 aromatic carbocycles. The van der Waals surface area contributed by atoms with E-state index in [4.69, 9.17) is 9.97 Å². The number of nitrogens with one attached hydrogen (secondary N) is 1. The van der Waals surface area contributed by atoms with E-state index < -0.39 is 0 Å². The zero-order valence-electron chi connectivity index (χ0n) is 15.6. The molecule has 4 aromatic rings. The van der Waals surface area contributed by atoms with Gasteiger partial charge in [0.15, 0.2) is 5.82 Å². The average molecular weight is 385 g/mol. The Morgan fingerprint density at radius 1 is 1.04 bits per heavy atom. The first kappa shape index (κ1) is 18.1. The molecule has 3 aromatic heterocycles. The van der Waals surface area contributed by atoms with E-state index in [9.17, 15) is 0 Å². The molecule has 0 spiro atoms. The molecule has 0 aliphatic rings. The molecule has 0 fully saturated rings. The van der Waals surface area contributed by atoms with E-state index in [1.54, 1.807) is 23.7 Å². The van der Waals surface area contributed by atoms with Crippen molar-refractivity contribution in [3.8, 4) is 23.2 Å². The van der Waals surface area contributed by atoms with Crippen LogP contribution in [0.1, 0.15) is 24.5 Å². The van der Waals surface area contributed by atoms with Crippen molar-refractivity contribution in [2.24, 2.45) is 0 Å². The lowest BCUT2D eigenvalue weighted by Gasteiger charge is -2.09. The van der Waals surface area contributed by atoms with Crippen molar-refractivity contribution < 1.29 is 0 Å². The second-order valence-electron chi connectivity index (χ2n) is 6.35. The van der Waals surface area contributed by atoms with Crippen LogP contribution in [-0.2, 0) is 6.42 Å². The Morgan fingerprint density at radius 2 is 1.86 bits per heavy atom. The molecule has 0 atom stereocenters. The molecular formula is C23H20N4S. The fourth-order valence-electron chi connectivity index (χ4n) is 3.04. The summed E-state index contributed by atoms with van der Waals surface area (Å²) in [6.07, 6.45) is 5.59. The molecule has 0 aliphatic heterocycles. The van der Waals surface area contributed by atoms with Gasteiger partial charge in [0.25, 0.3) is 0 Å². The fraction of sp³-hybridized carbons (Fsp3) is 0.174. The lowest BCUT2D eigenvalue weighted by molar-refractivity contribution is 0.860. The van der Waals surface area contributed by atoms with Crippen LogP contribution in [0, 0.1) is 11.8 Å². The number of rotatable bonds is 6. The number of thiophene rings is 1. The summed E-state index contributed by atoms with van der Waals surface area (Å²) in [5.41, 5.74) is 4.16. The van der Waals surface area contributed by atoms with Crippen molar-refractivity contribution >= 4 is 27.4 Å². The molecule has 3 heterocycles. The Kier molecular flexibility index (Phi) is 5.60. The molecule has 5 heteroatoms. The first-order valence-electron chi connectivity index (χ1n) is 9.25. The Morgan fingerprint density at radius 3 is 2.64 bits per heavy atom. The number of anilines is 1. The van der Waals surface area contributed by atoms with Crippen molar-refractivity contribution in [3.05, 3.63) is 71.4 Å². The van der Waals surface area contributed by atoms with Gasteiger partial charge in [-0.3, -0.25) is 4.98 Å². The number of fused-ring (bicyclic) bond motifs is 1. The highest BCUT2D eigenvalue weighted by atomic mass is 32.1. The number of aryl methyl sites for hydroxylation is 1. The molecule has 4 nitrogen and oxygen atoms in total. The van der Waals surface area contributed by atoms with Gasteiger partial charge in [-0.15, -0.1) is 17.3 Å². The smallest absolute Gasteiger partial charge is 0.162 e. The van der Waals surface area contributed by atoms with Crippen LogP contribution in [0.15, 0.2) is 60.2 Å². The summed E-state index contributed by atoms with van der Waals surface area (Å²) in [7, 11) is 0. The van der Waals surface area contributed by atoms with Gasteiger partial charge >= 0.3 is 0 Å². The maximum absolute atomic E-state index is 4.80. The van der Waals surface area contributed by atoms with Crippen LogP contribution in [0.5, 0.6) is 0 Å². The van der Waals surface area contributed by atoms with Crippen molar-refractivity contribution in [1.82, 2.24) is 15.0 Å². The summed E-state index contributed by atoms with van der Waals surface area (Å²) in [6, 6.07) is 14.4. The molecule has 0 bridgehead atoms. The van der Waals surface area contributed by atoms with Gasteiger partial charge in [-0.05, 0) is 37.5 Å². The van der Waals surface area contributed by atoms with Crippen molar-refractivity contribution in [2.45, 2.75) is 19.8 Å². The number of nitrogens with zero attached hydrogens (tertiary/aromatic N) is 3. The van der Waals surface area contributed by atoms with E-state index in [0.717, 1.165) is 46.5 Å². The van der Waals surface area contributed by atoms with Gasteiger partial charge in [0, 0.05) is 29.9 Å². The summed E-state index contributed by atoms with van der Waals surface area (Å²) in [5, 5.41) is 5.58. The Labute approximate surface area is 168 Å². The first-order valence-corrected chi connectivity index (χ1v) is 10.1. The fourth-order valence-corrected chi connectivity index (χ4v) is 3.94. The van der Waals surface area contributed by atoms with Gasteiger partial charge in [-0.2, -0.15) is 0 Å². The third-order valence-corrected chi connectivity index (χ3v) is 5.37. The molecule has 0 saturated heterocycles. The molecule has 1 N–H and O–H groups in total. The molecule has 138 valence electrons. The van der Waals surface area contributed by atoms with E-state index in [2.05, 4.69) is 51.8 Å². The SMILES string of the molecule is CC#Cc1csc2c(NCCCc3ccccc3)nc(-c3ccncc3)nc12. The van der Waals surface area contributed by atoms with Crippen LogP contribution in [0.4, 0.5) is 5.82 Å². The minimum absolute atomic E-state index is 0.693. The summed E-state index contributed by atoms with van der Waals surface area (Å²) in [5.74, 6) is 7.70. The van der Waals surface area contributed by atoms with Crippen molar-refractivity contribution in [3.63, 3.8) is 0 Å². The number of pyridine rings is 1. The largest absolute Gasteiger partial charge is 0.369 e. The zero-order chi connectivity index (χ0) is 19.2. The van der Waals surface area contributed by atoms with Gasteiger partial charge in [0.1, 0.15) is 11.3 Å². The van der Waals surface area contributed by atoms with Crippen LogP contribution in [0.2, 0.25) is 0 Å². The average Bonchev–Trinajstić information content (AvgIpc) is 3.16. The summed E-state index contributed by atoms with van der Waals surface area (Å²) >= 11 is 1.64. The highest BCUT2D eigenvalue weighted by molar-refractivity contribution is 7.18. The van der Waals surface area contributed by atoms with E-state index in [0.29, 0.717) is 5.82 Å². The van der Waals surface area contributed by atoms with E-state index in [1.165, 1.54) is 5.56 Å². The summed E-state index contributed by atoms with van der Waals surface area (Å²) in [4.78, 5) is 13.7. The second-order valence-corrected chi connectivity index (χ2v) is 7.23. The topological polar surface area (TPSA) is 50.7 Å². The lowest BCUT2D eigenvalue weighted by atomic mass is 10.1. The van der Waals surface area contributed by atoms with E-state index >= 15 is 0 Å².